The largest absolute Gasteiger partial charge is 0.476 e. The van der Waals surface area contributed by atoms with Gasteiger partial charge in [0.25, 0.3) is 0 Å². The van der Waals surface area contributed by atoms with Gasteiger partial charge in [-0.05, 0) is 36.2 Å². The molecule has 1 N–H and O–H groups in total. The molecule has 158 valence electrons. The van der Waals surface area contributed by atoms with Crippen LogP contribution in [0, 0.1) is 6.92 Å². The second-order valence-corrected chi connectivity index (χ2v) is 7.47. The molecule has 0 saturated heterocycles. The molecule has 0 saturated carbocycles. The van der Waals surface area contributed by atoms with E-state index in [0.29, 0.717) is 23.4 Å². The first-order chi connectivity index (χ1) is 15.5. The first-order valence-corrected chi connectivity index (χ1v) is 10.2. The van der Waals surface area contributed by atoms with E-state index in [1.165, 1.54) is 6.20 Å². The van der Waals surface area contributed by atoms with E-state index in [0.717, 1.165) is 16.7 Å². The molecule has 2 aromatic carbocycles. The molecular formula is C27H22N2O3. The molecule has 0 aliphatic heterocycles. The third kappa shape index (κ3) is 4.57. The summed E-state index contributed by atoms with van der Waals surface area (Å²) in [5.74, 6) is -1.05. The maximum Gasteiger partial charge on any atom is 0.355 e. The normalized spacial score (nSPS) is 11.0. The molecule has 5 heteroatoms. The van der Waals surface area contributed by atoms with E-state index in [1.807, 2.05) is 90.5 Å². The van der Waals surface area contributed by atoms with Crippen molar-refractivity contribution >= 4 is 17.8 Å². The number of rotatable bonds is 7. The highest BCUT2D eigenvalue weighted by Crippen LogP contribution is 2.23. The van der Waals surface area contributed by atoms with Crippen molar-refractivity contribution in [1.29, 1.82) is 0 Å². The Morgan fingerprint density at radius 1 is 0.969 bits per heavy atom. The smallest absolute Gasteiger partial charge is 0.355 e. The zero-order chi connectivity index (χ0) is 22.5. The van der Waals surface area contributed by atoms with E-state index in [1.54, 1.807) is 12.1 Å². The van der Waals surface area contributed by atoms with Gasteiger partial charge in [-0.25, -0.2) is 9.78 Å². The Morgan fingerprint density at radius 3 is 2.44 bits per heavy atom. The van der Waals surface area contributed by atoms with Crippen LogP contribution in [0.5, 0.6) is 0 Å². The second-order valence-electron chi connectivity index (χ2n) is 7.47. The van der Waals surface area contributed by atoms with Crippen molar-refractivity contribution in [1.82, 2.24) is 9.55 Å². The summed E-state index contributed by atoms with van der Waals surface area (Å²) in [6, 6.07) is 22.4. The van der Waals surface area contributed by atoms with Gasteiger partial charge in [0.2, 0.25) is 5.78 Å². The molecule has 5 nitrogen and oxygen atoms in total. The molecule has 32 heavy (non-hydrogen) atoms. The number of benzene rings is 2. The standard InChI is InChI=1S/C27H22N2O3/c1-19-8-12-22(13-9-19)26(30)24-7-4-18-29(24)17-3-5-20-10-14-21(15-11-20)23-6-2-16-28-25(23)27(31)32/h2-16,18H,17H2,1H3,(H,31,32)/b5-3+. The third-order valence-corrected chi connectivity index (χ3v) is 5.22. The molecule has 0 spiro atoms. The number of hydrogen-bond donors (Lipinski definition) is 1. The van der Waals surface area contributed by atoms with Gasteiger partial charge in [-0.15, -0.1) is 0 Å². The Balaban J connectivity index is 1.47. The molecule has 0 atom stereocenters. The lowest BCUT2D eigenvalue weighted by Crippen LogP contribution is -2.09. The maximum absolute atomic E-state index is 12.8. The van der Waals surface area contributed by atoms with E-state index in [-0.39, 0.29) is 11.5 Å². The predicted molar refractivity (Wildman–Crippen MR) is 125 cm³/mol. The lowest BCUT2D eigenvalue weighted by atomic mass is 10.0. The van der Waals surface area contributed by atoms with Crippen LogP contribution < -0.4 is 0 Å². The van der Waals surface area contributed by atoms with Gasteiger partial charge < -0.3 is 9.67 Å². The van der Waals surface area contributed by atoms with E-state index in [2.05, 4.69) is 4.98 Å². The lowest BCUT2D eigenvalue weighted by molar-refractivity contribution is 0.0691. The minimum absolute atomic E-state index is 0.00143. The summed E-state index contributed by atoms with van der Waals surface area (Å²) in [5, 5.41) is 9.33. The van der Waals surface area contributed by atoms with Crippen LogP contribution in [0.15, 0.2) is 91.3 Å². The van der Waals surface area contributed by atoms with Crippen molar-refractivity contribution in [3.8, 4) is 11.1 Å². The molecule has 2 aromatic heterocycles. The highest BCUT2D eigenvalue weighted by Gasteiger charge is 2.13. The van der Waals surface area contributed by atoms with Gasteiger partial charge in [-0.1, -0.05) is 72.3 Å². The van der Waals surface area contributed by atoms with Gasteiger partial charge in [0.1, 0.15) is 0 Å². The number of aromatic nitrogens is 2. The highest BCUT2D eigenvalue weighted by atomic mass is 16.4. The van der Waals surface area contributed by atoms with E-state index in [4.69, 9.17) is 0 Å². The molecule has 0 radical (unpaired) electrons. The number of carboxylic acids is 1. The van der Waals surface area contributed by atoms with Gasteiger partial charge in [-0.3, -0.25) is 4.79 Å². The van der Waals surface area contributed by atoms with Gasteiger partial charge in [0, 0.05) is 30.1 Å². The summed E-state index contributed by atoms with van der Waals surface area (Å²) < 4.78 is 1.92. The zero-order valence-electron chi connectivity index (χ0n) is 17.6. The van der Waals surface area contributed by atoms with Crippen molar-refractivity contribution in [2.24, 2.45) is 0 Å². The molecule has 4 rings (SSSR count). The molecule has 0 aliphatic rings. The number of pyridine rings is 1. The minimum Gasteiger partial charge on any atom is -0.476 e. The van der Waals surface area contributed by atoms with E-state index < -0.39 is 5.97 Å². The number of aryl methyl sites for hydroxylation is 1. The van der Waals surface area contributed by atoms with E-state index >= 15 is 0 Å². The molecule has 0 bridgehead atoms. The molecule has 0 amide bonds. The van der Waals surface area contributed by atoms with Crippen LogP contribution in [0.25, 0.3) is 17.2 Å². The Morgan fingerprint density at radius 2 is 1.72 bits per heavy atom. The summed E-state index contributed by atoms with van der Waals surface area (Å²) in [6.45, 7) is 2.56. The predicted octanol–water partition coefficient (Wildman–Crippen LogP) is 5.50. The Labute approximate surface area is 186 Å². The second kappa shape index (κ2) is 9.27. The van der Waals surface area contributed by atoms with Crippen molar-refractivity contribution in [2.75, 3.05) is 0 Å². The van der Waals surface area contributed by atoms with E-state index in [9.17, 15) is 14.7 Å². The minimum atomic E-state index is -1.05. The monoisotopic (exact) mass is 422 g/mol. The van der Waals surface area contributed by atoms with Gasteiger partial charge in [0.05, 0.1) is 5.69 Å². The summed E-state index contributed by atoms with van der Waals surface area (Å²) in [6.07, 6.45) is 7.34. The quantitative estimate of drug-likeness (QED) is 0.399. The van der Waals surface area contributed by atoms with Crippen LogP contribution >= 0.6 is 0 Å². The molecule has 0 aliphatic carbocycles. The summed E-state index contributed by atoms with van der Waals surface area (Å²) in [5.41, 5.74) is 4.83. The number of carbonyl (C=O) groups excluding carboxylic acids is 1. The lowest BCUT2D eigenvalue weighted by Gasteiger charge is -2.07. The van der Waals surface area contributed by atoms with Crippen LogP contribution in [0.1, 0.15) is 37.7 Å². The fourth-order valence-corrected chi connectivity index (χ4v) is 3.52. The van der Waals surface area contributed by atoms with Crippen LogP contribution in [0.2, 0.25) is 0 Å². The fourth-order valence-electron chi connectivity index (χ4n) is 3.52. The molecule has 0 fully saturated rings. The Kier molecular flexibility index (Phi) is 6.08. The van der Waals surface area contributed by atoms with Crippen LogP contribution in [-0.4, -0.2) is 26.4 Å². The first kappa shape index (κ1) is 21.0. The maximum atomic E-state index is 12.8. The Bertz CT molecular complexity index is 1280. The van der Waals surface area contributed by atoms with Crippen LogP contribution in [-0.2, 0) is 6.54 Å². The zero-order valence-corrected chi connectivity index (χ0v) is 17.6. The summed E-state index contributed by atoms with van der Waals surface area (Å²) >= 11 is 0. The molecule has 2 heterocycles. The summed E-state index contributed by atoms with van der Waals surface area (Å²) in [4.78, 5) is 28.2. The van der Waals surface area contributed by atoms with Crippen molar-refractivity contribution in [2.45, 2.75) is 13.5 Å². The highest BCUT2D eigenvalue weighted by molar-refractivity contribution is 6.08. The number of hydrogen-bond acceptors (Lipinski definition) is 3. The van der Waals surface area contributed by atoms with Gasteiger partial charge >= 0.3 is 5.97 Å². The van der Waals surface area contributed by atoms with Gasteiger partial charge in [-0.2, -0.15) is 0 Å². The number of allylic oxidation sites excluding steroid dienone is 1. The molecule has 0 unspecified atom stereocenters. The number of aromatic carboxylic acids is 1. The number of ketones is 1. The average Bonchev–Trinajstić information content (AvgIpc) is 3.28. The van der Waals surface area contributed by atoms with Crippen LogP contribution in [0.3, 0.4) is 0 Å². The number of nitrogens with zero attached hydrogens (tertiary/aromatic N) is 2. The third-order valence-electron chi connectivity index (χ3n) is 5.22. The first-order valence-electron chi connectivity index (χ1n) is 10.2. The average molecular weight is 422 g/mol. The number of carbonyl (C=O) groups is 2. The summed E-state index contributed by atoms with van der Waals surface area (Å²) in [7, 11) is 0. The molecule has 4 aromatic rings. The van der Waals surface area contributed by atoms with Crippen molar-refractivity contribution < 1.29 is 14.7 Å². The van der Waals surface area contributed by atoms with Crippen molar-refractivity contribution in [3.05, 3.63) is 119 Å². The Hall–Kier alpha value is -4.25. The topological polar surface area (TPSA) is 72.2 Å². The SMILES string of the molecule is Cc1ccc(C(=O)c2cccn2C/C=C/c2ccc(-c3cccnc3C(=O)O)cc2)cc1. The molecular weight excluding hydrogens is 400 g/mol. The van der Waals surface area contributed by atoms with Crippen LogP contribution in [0.4, 0.5) is 0 Å². The van der Waals surface area contributed by atoms with Gasteiger partial charge in [0.15, 0.2) is 5.69 Å². The fraction of sp³-hybridized carbons (Fsp3) is 0.0741. The number of carboxylic acid groups (broad SMARTS) is 1. The van der Waals surface area contributed by atoms with Crippen molar-refractivity contribution in [3.63, 3.8) is 0 Å².